The van der Waals surface area contributed by atoms with Crippen LogP contribution in [0, 0.1) is 0 Å². The zero-order chi connectivity index (χ0) is 19.3. The Kier molecular flexibility index (Phi) is 5.35. The van der Waals surface area contributed by atoms with Gasteiger partial charge in [0.15, 0.2) is 0 Å². The fourth-order valence-corrected chi connectivity index (χ4v) is 3.55. The van der Waals surface area contributed by atoms with Crippen molar-refractivity contribution in [2.24, 2.45) is 5.73 Å². The molecule has 3 aromatic rings. The van der Waals surface area contributed by atoms with Crippen LogP contribution in [0.1, 0.15) is 27.0 Å². The number of benzene rings is 2. The Bertz CT molecular complexity index is 955. The summed E-state index contributed by atoms with van der Waals surface area (Å²) in [5, 5.41) is 0. The smallest absolute Gasteiger partial charge is 0.250 e. The maximum absolute atomic E-state index is 11.2. The quantitative estimate of drug-likeness (QED) is 0.717. The largest absolute Gasteiger partial charge is 0.439 e. The number of nitrogens with two attached hydrogens (primary N) is 1. The van der Waals surface area contributed by atoms with Crippen LogP contribution in [0.15, 0.2) is 66.9 Å². The van der Waals surface area contributed by atoms with E-state index in [-0.39, 0.29) is 0 Å². The van der Waals surface area contributed by atoms with E-state index >= 15 is 0 Å². The summed E-state index contributed by atoms with van der Waals surface area (Å²) < 4.78 is 5.99. The third-order valence-corrected chi connectivity index (χ3v) is 5.10. The van der Waals surface area contributed by atoms with Crippen LogP contribution in [-0.2, 0) is 19.4 Å². The van der Waals surface area contributed by atoms with Gasteiger partial charge in [0, 0.05) is 37.5 Å². The summed E-state index contributed by atoms with van der Waals surface area (Å²) in [6.07, 6.45) is 3.44. The van der Waals surface area contributed by atoms with Gasteiger partial charge in [0.05, 0.1) is 5.56 Å². The molecule has 0 atom stereocenters. The third-order valence-electron chi connectivity index (χ3n) is 5.10. The van der Waals surface area contributed by atoms with Crippen molar-refractivity contribution in [3.63, 3.8) is 0 Å². The molecule has 0 bridgehead atoms. The summed E-state index contributed by atoms with van der Waals surface area (Å²) in [5.41, 5.74) is 9.53. The van der Waals surface area contributed by atoms with Crippen molar-refractivity contribution in [3.8, 4) is 11.6 Å². The van der Waals surface area contributed by atoms with E-state index in [1.54, 1.807) is 12.1 Å². The predicted molar refractivity (Wildman–Crippen MR) is 108 cm³/mol. The lowest BCUT2D eigenvalue weighted by atomic mass is 9.98. The zero-order valence-electron chi connectivity index (χ0n) is 15.7. The number of amides is 1. The molecular weight excluding hydrogens is 350 g/mol. The molecule has 4 rings (SSSR count). The van der Waals surface area contributed by atoms with E-state index in [0.717, 1.165) is 38.2 Å². The van der Waals surface area contributed by atoms with Crippen molar-refractivity contribution >= 4 is 5.91 Å². The van der Waals surface area contributed by atoms with E-state index in [4.69, 9.17) is 10.5 Å². The van der Waals surface area contributed by atoms with Crippen LogP contribution in [0.2, 0.25) is 0 Å². The molecule has 28 heavy (non-hydrogen) atoms. The first-order valence-electron chi connectivity index (χ1n) is 9.50. The van der Waals surface area contributed by atoms with Crippen LogP contribution in [0.3, 0.4) is 0 Å². The van der Waals surface area contributed by atoms with Gasteiger partial charge in [0.2, 0.25) is 11.8 Å². The molecule has 2 N–H and O–H groups in total. The van der Waals surface area contributed by atoms with Crippen molar-refractivity contribution < 1.29 is 9.53 Å². The normalized spacial score (nSPS) is 13.7. The molecule has 1 aliphatic heterocycles. The van der Waals surface area contributed by atoms with Crippen molar-refractivity contribution in [2.45, 2.75) is 19.4 Å². The molecule has 5 heteroatoms. The lowest BCUT2D eigenvalue weighted by Crippen LogP contribution is -2.32. The maximum atomic E-state index is 11.2. The molecule has 0 fully saturated rings. The summed E-state index contributed by atoms with van der Waals surface area (Å²) in [7, 11) is 0. The number of rotatable bonds is 6. The Hall–Kier alpha value is -3.18. The number of carbonyl (C=O) groups excluding carboxylic acids is 1. The van der Waals surface area contributed by atoms with Crippen molar-refractivity contribution in [1.82, 2.24) is 9.88 Å². The van der Waals surface area contributed by atoms with Crippen LogP contribution in [-0.4, -0.2) is 28.9 Å². The van der Waals surface area contributed by atoms with Gasteiger partial charge in [0.25, 0.3) is 0 Å². The first-order valence-corrected chi connectivity index (χ1v) is 9.50. The number of hydrogen-bond donors (Lipinski definition) is 1. The van der Waals surface area contributed by atoms with Gasteiger partial charge >= 0.3 is 0 Å². The Labute approximate surface area is 164 Å². The van der Waals surface area contributed by atoms with E-state index in [1.165, 1.54) is 22.9 Å². The van der Waals surface area contributed by atoms with E-state index in [9.17, 15) is 4.79 Å². The fraction of sp³-hybridized carbons (Fsp3) is 0.217. The molecule has 0 spiro atoms. The number of hydrogen-bond acceptors (Lipinski definition) is 4. The highest BCUT2D eigenvalue weighted by molar-refractivity contribution is 5.92. The van der Waals surface area contributed by atoms with Crippen molar-refractivity contribution in [2.75, 3.05) is 13.1 Å². The van der Waals surface area contributed by atoms with Crippen LogP contribution < -0.4 is 10.5 Å². The molecule has 2 heterocycles. The molecule has 0 saturated heterocycles. The standard InChI is InChI=1S/C23H23N3O2/c24-23(27)18-9-10-22(25-15-18)28-21-8-4-7-19-16-26(14-12-20(19)21)13-11-17-5-2-1-3-6-17/h1-10,15H,11-14,16H2,(H2,24,27). The molecule has 0 unspecified atom stereocenters. The number of pyridine rings is 1. The average Bonchev–Trinajstić information content (AvgIpc) is 2.73. The van der Waals surface area contributed by atoms with Crippen LogP contribution in [0.5, 0.6) is 11.6 Å². The Morgan fingerprint density at radius 2 is 1.93 bits per heavy atom. The molecule has 0 aliphatic carbocycles. The van der Waals surface area contributed by atoms with Gasteiger partial charge in [0.1, 0.15) is 5.75 Å². The van der Waals surface area contributed by atoms with Gasteiger partial charge < -0.3 is 10.5 Å². The maximum Gasteiger partial charge on any atom is 0.250 e. The molecular formula is C23H23N3O2. The van der Waals surface area contributed by atoms with Gasteiger partial charge in [-0.3, -0.25) is 9.69 Å². The fourth-order valence-electron chi connectivity index (χ4n) is 3.55. The van der Waals surface area contributed by atoms with Gasteiger partial charge in [-0.15, -0.1) is 0 Å². The number of ether oxygens (including phenoxy) is 1. The first kappa shape index (κ1) is 18.2. The van der Waals surface area contributed by atoms with Gasteiger partial charge in [-0.1, -0.05) is 42.5 Å². The van der Waals surface area contributed by atoms with E-state index in [0.29, 0.717) is 11.4 Å². The minimum Gasteiger partial charge on any atom is -0.439 e. The molecule has 1 amide bonds. The number of aromatic nitrogens is 1. The Morgan fingerprint density at radius 3 is 2.68 bits per heavy atom. The van der Waals surface area contributed by atoms with Gasteiger partial charge in [-0.05, 0) is 36.1 Å². The summed E-state index contributed by atoms with van der Waals surface area (Å²) in [6, 6.07) is 20.1. The second kappa shape index (κ2) is 8.23. The molecule has 142 valence electrons. The second-order valence-corrected chi connectivity index (χ2v) is 7.01. The van der Waals surface area contributed by atoms with Crippen LogP contribution in [0.4, 0.5) is 0 Å². The lowest BCUT2D eigenvalue weighted by Gasteiger charge is -2.29. The van der Waals surface area contributed by atoms with Gasteiger partial charge in [-0.2, -0.15) is 0 Å². The van der Waals surface area contributed by atoms with Crippen LogP contribution >= 0.6 is 0 Å². The Morgan fingerprint density at radius 1 is 1.07 bits per heavy atom. The molecule has 2 aromatic carbocycles. The lowest BCUT2D eigenvalue weighted by molar-refractivity contribution is 0.1000. The number of primary amides is 1. The summed E-state index contributed by atoms with van der Waals surface area (Å²) >= 11 is 0. The monoisotopic (exact) mass is 373 g/mol. The highest BCUT2D eigenvalue weighted by Crippen LogP contribution is 2.31. The molecule has 1 aromatic heterocycles. The number of nitrogens with zero attached hydrogens (tertiary/aromatic N) is 2. The van der Waals surface area contributed by atoms with Crippen molar-refractivity contribution in [1.29, 1.82) is 0 Å². The molecule has 0 radical (unpaired) electrons. The zero-order valence-corrected chi connectivity index (χ0v) is 15.7. The SMILES string of the molecule is NC(=O)c1ccc(Oc2cccc3c2CCN(CCc2ccccc2)C3)nc1. The van der Waals surface area contributed by atoms with Gasteiger partial charge in [-0.25, -0.2) is 4.98 Å². The first-order chi connectivity index (χ1) is 13.7. The van der Waals surface area contributed by atoms with Crippen molar-refractivity contribution in [3.05, 3.63) is 89.1 Å². The number of carbonyl (C=O) groups is 1. The highest BCUT2D eigenvalue weighted by atomic mass is 16.5. The summed E-state index contributed by atoms with van der Waals surface area (Å²) in [6.45, 7) is 2.98. The van der Waals surface area contributed by atoms with Crippen LogP contribution in [0.25, 0.3) is 0 Å². The minimum atomic E-state index is -0.494. The molecule has 5 nitrogen and oxygen atoms in total. The van der Waals surface area contributed by atoms with E-state index in [2.05, 4.69) is 46.3 Å². The number of fused-ring (bicyclic) bond motifs is 1. The second-order valence-electron chi connectivity index (χ2n) is 7.01. The van der Waals surface area contributed by atoms with E-state index in [1.807, 2.05) is 12.1 Å². The minimum absolute atomic E-state index is 0.372. The average molecular weight is 373 g/mol. The third kappa shape index (κ3) is 4.21. The highest BCUT2D eigenvalue weighted by Gasteiger charge is 2.19. The molecule has 1 aliphatic rings. The summed E-state index contributed by atoms with van der Waals surface area (Å²) in [5.74, 6) is 0.802. The summed E-state index contributed by atoms with van der Waals surface area (Å²) in [4.78, 5) is 17.8. The topological polar surface area (TPSA) is 68.5 Å². The molecule has 0 saturated carbocycles. The van der Waals surface area contributed by atoms with E-state index < -0.39 is 5.91 Å². The predicted octanol–water partition coefficient (Wildman–Crippen LogP) is 3.57. The Balaban J connectivity index is 1.43.